The van der Waals surface area contributed by atoms with Crippen molar-refractivity contribution in [2.45, 2.75) is 10.8 Å². The molecule has 2 heterocycles. The summed E-state index contributed by atoms with van der Waals surface area (Å²) in [5, 5.41) is 4.18. The molecule has 0 saturated heterocycles. The van der Waals surface area contributed by atoms with E-state index < -0.39 is 0 Å². The summed E-state index contributed by atoms with van der Waals surface area (Å²) in [5.74, 6) is 0.674. The molecule has 0 aliphatic carbocycles. The molecule has 2 aromatic carbocycles. The first kappa shape index (κ1) is 14.0. The summed E-state index contributed by atoms with van der Waals surface area (Å²) in [6.45, 7) is 0. The van der Waals surface area contributed by atoms with Gasteiger partial charge in [0, 0.05) is 23.4 Å². The van der Waals surface area contributed by atoms with E-state index in [1.165, 1.54) is 0 Å². The van der Waals surface area contributed by atoms with Crippen LogP contribution in [0.4, 0.5) is 0 Å². The molecule has 0 atom stereocenters. The van der Waals surface area contributed by atoms with Crippen LogP contribution in [0.1, 0.15) is 5.56 Å². The van der Waals surface area contributed by atoms with Crippen LogP contribution in [-0.4, -0.2) is 4.98 Å². The minimum Gasteiger partial charge on any atom is -0.423 e. The molecular formula is C19H13NO2S. The topological polar surface area (TPSA) is 43.1 Å². The summed E-state index contributed by atoms with van der Waals surface area (Å²) in [5.41, 5.74) is 1.29. The number of nitrogens with zero attached hydrogens (tertiary/aromatic N) is 1. The molecule has 23 heavy (non-hydrogen) atoms. The SMILES string of the molecule is O=c1cc(CSc2ccccn2)c2c(ccc3ccccc32)o1. The standard InChI is InChI=1S/C19H13NO2S/c21-18-11-14(12-23-17-7-3-4-10-20-17)19-15-6-2-1-5-13(15)8-9-16(19)22-18/h1-11H,12H2. The van der Waals surface area contributed by atoms with Crippen LogP contribution >= 0.6 is 11.8 Å². The lowest BCUT2D eigenvalue weighted by Gasteiger charge is -2.08. The molecule has 2 aromatic heterocycles. The summed E-state index contributed by atoms with van der Waals surface area (Å²) in [7, 11) is 0. The smallest absolute Gasteiger partial charge is 0.336 e. The van der Waals surface area contributed by atoms with Gasteiger partial charge in [-0.3, -0.25) is 0 Å². The van der Waals surface area contributed by atoms with Crippen molar-refractivity contribution in [3.63, 3.8) is 0 Å². The molecule has 4 heteroatoms. The molecule has 3 nitrogen and oxygen atoms in total. The quantitative estimate of drug-likeness (QED) is 0.313. The molecule has 0 spiro atoms. The average molecular weight is 319 g/mol. The minimum atomic E-state index is -0.315. The van der Waals surface area contributed by atoms with Gasteiger partial charge in [0.05, 0.1) is 5.03 Å². The van der Waals surface area contributed by atoms with Gasteiger partial charge >= 0.3 is 5.63 Å². The second-order valence-corrected chi connectivity index (χ2v) is 6.20. The number of hydrogen-bond acceptors (Lipinski definition) is 4. The number of benzene rings is 2. The second-order valence-electron chi connectivity index (χ2n) is 5.21. The highest BCUT2D eigenvalue weighted by atomic mass is 32.2. The normalized spacial score (nSPS) is 11.1. The predicted octanol–water partition coefficient (Wildman–Crippen LogP) is 4.63. The van der Waals surface area contributed by atoms with Crippen molar-refractivity contribution < 1.29 is 4.42 Å². The molecule has 0 aliphatic heterocycles. The Morgan fingerprint density at radius 3 is 2.74 bits per heavy atom. The van der Waals surface area contributed by atoms with Crippen LogP contribution in [0.15, 0.2) is 81.1 Å². The van der Waals surface area contributed by atoms with Crippen molar-refractivity contribution in [1.82, 2.24) is 4.98 Å². The molecule has 0 N–H and O–H groups in total. The number of aromatic nitrogens is 1. The van der Waals surface area contributed by atoms with Gasteiger partial charge in [0.1, 0.15) is 5.58 Å². The first-order chi connectivity index (χ1) is 11.3. The highest BCUT2D eigenvalue weighted by Gasteiger charge is 2.10. The van der Waals surface area contributed by atoms with Crippen LogP contribution in [0.3, 0.4) is 0 Å². The van der Waals surface area contributed by atoms with Gasteiger partial charge in [-0.1, -0.05) is 36.4 Å². The van der Waals surface area contributed by atoms with Gasteiger partial charge < -0.3 is 4.42 Å². The molecule has 0 bridgehead atoms. The van der Waals surface area contributed by atoms with Gasteiger partial charge in [0.25, 0.3) is 0 Å². The fraction of sp³-hybridized carbons (Fsp3) is 0.0526. The van der Waals surface area contributed by atoms with Gasteiger partial charge in [0.2, 0.25) is 0 Å². The molecule has 0 radical (unpaired) electrons. The Balaban J connectivity index is 1.87. The van der Waals surface area contributed by atoms with Crippen LogP contribution in [0.2, 0.25) is 0 Å². The van der Waals surface area contributed by atoms with E-state index in [0.29, 0.717) is 11.3 Å². The van der Waals surface area contributed by atoms with Crippen LogP contribution in [-0.2, 0) is 5.75 Å². The summed E-state index contributed by atoms with van der Waals surface area (Å²) < 4.78 is 5.38. The lowest BCUT2D eigenvalue weighted by atomic mass is 10.0. The number of thioether (sulfide) groups is 1. The van der Waals surface area contributed by atoms with Crippen LogP contribution in [0.25, 0.3) is 21.7 Å². The number of pyridine rings is 1. The zero-order valence-electron chi connectivity index (χ0n) is 12.2. The zero-order chi connectivity index (χ0) is 15.6. The van der Waals surface area contributed by atoms with E-state index in [1.54, 1.807) is 24.0 Å². The Hall–Kier alpha value is -2.59. The fourth-order valence-corrected chi connectivity index (χ4v) is 3.56. The van der Waals surface area contributed by atoms with Crippen molar-refractivity contribution in [3.8, 4) is 0 Å². The van der Waals surface area contributed by atoms with Crippen LogP contribution < -0.4 is 5.63 Å². The Morgan fingerprint density at radius 1 is 1.00 bits per heavy atom. The third kappa shape index (κ3) is 2.73. The molecule has 4 aromatic rings. The van der Waals surface area contributed by atoms with Gasteiger partial charge in [-0.15, -0.1) is 11.8 Å². The Kier molecular flexibility index (Phi) is 3.60. The van der Waals surface area contributed by atoms with Crippen molar-refractivity contribution >= 4 is 33.5 Å². The Labute approximate surface area is 137 Å². The van der Waals surface area contributed by atoms with E-state index in [2.05, 4.69) is 17.1 Å². The number of fused-ring (bicyclic) bond motifs is 3. The molecule has 4 rings (SSSR count). The Morgan fingerprint density at radius 2 is 1.87 bits per heavy atom. The van der Waals surface area contributed by atoms with E-state index in [1.807, 2.05) is 42.5 Å². The van der Waals surface area contributed by atoms with Crippen molar-refractivity contribution in [3.05, 3.63) is 82.8 Å². The molecule has 0 aliphatic rings. The third-order valence-electron chi connectivity index (χ3n) is 3.73. The highest BCUT2D eigenvalue weighted by molar-refractivity contribution is 7.98. The maximum Gasteiger partial charge on any atom is 0.336 e. The van der Waals surface area contributed by atoms with Crippen molar-refractivity contribution in [1.29, 1.82) is 0 Å². The van der Waals surface area contributed by atoms with E-state index in [-0.39, 0.29) is 5.63 Å². The maximum absolute atomic E-state index is 11.9. The van der Waals surface area contributed by atoms with Crippen molar-refractivity contribution in [2.75, 3.05) is 0 Å². The van der Waals surface area contributed by atoms with E-state index in [9.17, 15) is 4.79 Å². The van der Waals surface area contributed by atoms with Crippen LogP contribution in [0.5, 0.6) is 0 Å². The van der Waals surface area contributed by atoms with Crippen molar-refractivity contribution in [2.24, 2.45) is 0 Å². The lowest BCUT2D eigenvalue weighted by Crippen LogP contribution is -2.00. The van der Waals surface area contributed by atoms with Gasteiger partial charge in [-0.25, -0.2) is 9.78 Å². The third-order valence-corrected chi connectivity index (χ3v) is 4.72. The number of rotatable bonds is 3. The number of hydrogen-bond donors (Lipinski definition) is 0. The maximum atomic E-state index is 11.9. The summed E-state index contributed by atoms with van der Waals surface area (Å²) >= 11 is 1.61. The molecule has 0 unspecified atom stereocenters. The Bertz CT molecular complexity index is 1040. The summed E-state index contributed by atoms with van der Waals surface area (Å²) in [6.07, 6.45) is 1.77. The van der Waals surface area contributed by atoms with E-state index in [0.717, 1.165) is 26.7 Å². The van der Waals surface area contributed by atoms with E-state index >= 15 is 0 Å². The zero-order valence-corrected chi connectivity index (χ0v) is 13.0. The fourth-order valence-electron chi connectivity index (χ4n) is 2.72. The van der Waals surface area contributed by atoms with Gasteiger partial charge in [-0.05, 0) is 34.5 Å². The van der Waals surface area contributed by atoms with E-state index in [4.69, 9.17) is 4.42 Å². The van der Waals surface area contributed by atoms with Gasteiger partial charge in [0.15, 0.2) is 0 Å². The lowest BCUT2D eigenvalue weighted by molar-refractivity contribution is 0.560. The monoisotopic (exact) mass is 319 g/mol. The highest BCUT2D eigenvalue weighted by Crippen LogP contribution is 2.30. The average Bonchev–Trinajstić information content (AvgIpc) is 2.60. The second kappa shape index (κ2) is 5.89. The minimum absolute atomic E-state index is 0.315. The molecule has 0 amide bonds. The predicted molar refractivity (Wildman–Crippen MR) is 93.8 cm³/mol. The summed E-state index contributed by atoms with van der Waals surface area (Å²) in [4.78, 5) is 16.2. The van der Waals surface area contributed by atoms with Gasteiger partial charge in [-0.2, -0.15) is 0 Å². The molecule has 112 valence electrons. The first-order valence-corrected chi connectivity index (χ1v) is 8.28. The molecule has 0 fully saturated rings. The first-order valence-electron chi connectivity index (χ1n) is 7.29. The molecular weight excluding hydrogens is 306 g/mol. The molecule has 0 saturated carbocycles. The summed E-state index contributed by atoms with van der Waals surface area (Å²) in [6, 6.07) is 19.4. The largest absolute Gasteiger partial charge is 0.423 e. The van der Waals surface area contributed by atoms with Crippen LogP contribution in [0, 0.1) is 0 Å².